The van der Waals surface area contributed by atoms with Gasteiger partial charge in [0.2, 0.25) is 0 Å². The van der Waals surface area contributed by atoms with Crippen LogP contribution in [0, 0.1) is 0 Å². The Morgan fingerprint density at radius 2 is 1.67 bits per heavy atom. The van der Waals surface area contributed by atoms with E-state index in [1.807, 2.05) is 0 Å². The van der Waals surface area contributed by atoms with Crippen LogP contribution in [0.2, 0.25) is 0 Å². The number of unbranched alkanes of at least 4 members (excludes halogenated alkanes) is 5. The van der Waals surface area contributed by atoms with Crippen LogP contribution in [0.25, 0.3) is 0 Å². The van der Waals surface area contributed by atoms with Crippen molar-refractivity contribution in [2.24, 2.45) is 0 Å². The summed E-state index contributed by atoms with van der Waals surface area (Å²) in [6, 6.07) is 0. The lowest BCUT2D eigenvalue weighted by atomic mass is 10.1. The van der Waals surface area contributed by atoms with Gasteiger partial charge in [-0.1, -0.05) is 39.0 Å². The quantitative estimate of drug-likeness (QED) is 0.570. The molecule has 0 aromatic heterocycles. The minimum absolute atomic E-state index is 0.0227. The molecule has 1 N–H and O–H groups in total. The minimum Gasteiger partial charge on any atom is -0.389 e. The molecule has 0 saturated heterocycles. The maximum atomic E-state index is 10.7. The molecule has 0 radical (unpaired) electrons. The normalized spacial score (nSPS) is 10.2. The zero-order valence-electron chi connectivity index (χ0n) is 8.01. The predicted molar refractivity (Wildman–Crippen MR) is 50.1 cm³/mol. The van der Waals surface area contributed by atoms with Gasteiger partial charge in [0.15, 0.2) is 5.78 Å². The smallest absolute Gasteiger partial charge is 0.158 e. The molecule has 0 saturated carbocycles. The summed E-state index contributed by atoms with van der Waals surface area (Å²) in [4.78, 5) is 10.7. The molecular weight excluding hydrogens is 152 g/mol. The highest BCUT2D eigenvalue weighted by Gasteiger charge is 1.97. The molecule has 0 aliphatic heterocycles. The first kappa shape index (κ1) is 11.6. The van der Waals surface area contributed by atoms with Gasteiger partial charge in [0.05, 0.1) is 0 Å². The number of rotatable bonds is 8. The summed E-state index contributed by atoms with van der Waals surface area (Å²) in [6.45, 7) is 1.91. The van der Waals surface area contributed by atoms with Crippen LogP contribution in [0.5, 0.6) is 0 Å². The SMILES string of the molecule is CCCCCCCCC(=O)CO. The van der Waals surface area contributed by atoms with Gasteiger partial charge < -0.3 is 5.11 Å². The third kappa shape index (κ3) is 7.73. The molecule has 0 amide bonds. The highest BCUT2D eigenvalue weighted by molar-refractivity contribution is 5.79. The first-order chi connectivity index (χ1) is 5.81. The second-order valence-corrected chi connectivity index (χ2v) is 3.21. The number of aliphatic hydroxyl groups is 1. The summed E-state index contributed by atoms with van der Waals surface area (Å²) in [5.74, 6) is -0.0227. The molecule has 0 unspecified atom stereocenters. The fourth-order valence-electron chi connectivity index (χ4n) is 1.18. The Hall–Kier alpha value is -0.370. The molecule has 2 nitrogen and oxygen atoms in total. The van der Waals surface area contributed by atoms with Crippen molar-refractivity contribution >= 4 is 5.78 Å². The van der Waals surface area contributed by atoms with Crippen molar-refractivity contribution in [1.82, 2.24) is 0 Å². The van der Waals surface area contributed by atoms with Crippen molar-refractivity contribution < 1.29 is 9.90 Å². The van der Waals surface area contributed by atoms with Gasteiger partial charge in [-0.05, 0) is 6.42 Å². The van der Waals surface area contributed by atoms with Crippen LogP contribution in [0.15, 0.2) is 0 Å². The summed E-state index contributed by atoms with van der Waals surface area (Å²) in [5.41, 5.74) is 0. The van der Waals surface area contributed by atoms with Gasteiger partial charge in [0, 0.05) is 6.42 Å². The lowest BCUT2D eigenvalue weighted by Gasteiger charge is -1.98. The number of Topliss-reactive ketones (excluding diaryl/α,β-unsaturated/α-hetero) is 1. The molecule has 0 aliphatic rings. The van der Waals surface area contributed by atoms with Crippen LogP contribution in [-0.2, 0) is 4.79 Å². The van der Waals surface area contributed by atoms with E-state index in [4.69, 9.17) is 5.11 Å². The van der Waals surface area contributed by atoms with E-state index in [-0.39, 0.29) is 12.4 Å². The van der Waals surface area contributed by atoms with E-state index in [1.54, 1.807) is 0 Å². The van der Waals surface area contributed by atoms with Gasteiger partial charge in [0.25, 0.3) is 0 Å². The van der Waals surface area contributed by atoms with E-state index in [9.17, 15) is 4.79 Å². The van der Waals surface area contributed by atoms with E-state index in [1.165, 1.54) is 25.7 Å². The van der Waals surface area contributed by atoms with E-state index < -0.39 is 0 Å². The molecule has 2 heteroatoms. The third-order valence-electron chi connectivity index (χ3n) is 1.99. The zero-order valence-corrected chi connectivity index (χ0v) is 8.01. The molecule has 0 spiro atoms. The molecule has 12 heavy (non-hydrogen) atoms. The maximum Gasteiger partial charge on any atom is 0.158 e. The summed E-state index contributed by atoms with van der Waals surface area (Å²) >= 11 is 0. The summed E-state index contributed by atoms with van der Waals surface area (Å²) in [5, 5.41) is 8.43. The molecule has 0 aromatic carbocycles. The average Bonchev–Trinajstić information content (AvgIpc) is 2.10. The van der Waals surface area contributed by atoms with Gasteiger partial charge in [0.1, 0.15) is 6.61 Å². The molecule has 0 aliphatic carbocycles. The highest BCUT2D eigenvalue weighted by Crippen LogP contribution is 2.06. The summed E-state index contributed by atoms with van der Waals surface area (Å²) in [7, 11) is 0. The Labute approximate surface area is 75.0 Å². The molecule has 0 atom stereocenters. The Bertz CT molecular complexity index is 110. The lowest BCUT2D eigenvalue weighted by molar-refractivity contribution is -0.121. The third-order valence-corrected chi connectivity index (χ3v) is 1.99. The Kier molecular flexibility index (Phi) is 8.46. The molecule has 0 aromatic rings. The Balaban J connectivity index is 2.95. The fraction of sp³-hybridized carbons (Fsp3) is 0.900. The molecular formula is C10H20O2. The van der Waals surface area contributed by atoms with Crippen LogP contribution < -0.4 is 0 Å². The van der Waals surface area contributed by atoms with E-state index in [0.717, 1.165) is 12.8 Å². The second kappa shape index (κ2) is 8.72. The number of carbonyl (C=O) groups is 1. The fourth-order valence-corrected chi connectivity index (χ4v) is 1.18. The lowest BCUT2D eigenvalue weighted by Crippen LogP contribution is -2.02. The topological polar surface area (TPSA) is 37.3 Å². The van der Waals surface area contributed by atoms with Crippen LogP contribution in [0.3, 0.4) is 0 Å². The molecule has 0 bridgehead atoms. The number of ketones is 1. The van der Waals surface area contributed by atoms with Gasteiger partial charge >= 0.3 is 0 Å². The summed E-state index contributed by atoms with van der Waals surface area (Å²) < 4.78 is 0. The van der Waals surface area contributed by atoms with Crippen LogP contribution in [-0.4, -0.2) is 17.5 Å². The number of aliphatic hydroxyl groups excluding tert-OH is 1. The van der Waals surface area contributed by atoms with Gasteiger partial charge in [-0.25, -0.2) is 0 Å². The van der Waals surface area contributed by atoms with Crippen molar-refractivity contribution in [3.05, 3.63) is 0 Å². The standard InChI is InChI=1S/C10H20O2/c1-2-3-4-5-6-7-8-10(12)9-11/h11H,2-9H2,1H3. The minimum atomic E-state index is -0.283. The highest BCUT2D eigenvalue weighted by atomic mass is 16.3. The largest absolute Gasteiger partial charge is 0.389 e. The van der Waals surface area contributed by atoms with Crippen molar-refractivity contribution in [2.45, 2.75) is 51.9 Å². The van der Waals surface area contributed by atoms with Gasteiger partial charge in [-0.2, -0.15) is 0 Å². The maximum absolute atomic E-state index is 10.7. The number of hydrogen-bond acceptors (Lipinski definition) is 2. The second-order valence-electron chi connectivity index (χ2n) is 3.21. The first-order valence-corrected chi connectivity index (χ1v) is 4.93. The first-order valence-electron chi connectivity index (χ1n) is 4.93. The van der Waals surface area contributed by atoms with Crippen molar-refractivity contribution in [3.8, 4) is 0 Å². The zero-order chi connectivity index (χ0) is 9.23. The number of carbonyl (C=O) groups excluding carboxylic acids is 1. The van der Waals surface area contributed by atoms with E-state index >= 15 is 0 Å². The molecule has 0 heterocycles. The Morgan fingerprint density at radius 3 is 2.25 bits per heavy atom. The van der Waals surface area contributed by atoms with Crippen molar-refractivity contribution in [3.63, 3.8) is 0 Å². The molecule has 0 fully saturated rings. The van der Waals surface area contributed by atoms with Crippen LogP contribution >= 0.6 is 0 Å². The van der Waals surface area contributed by atoms with E-state index in [2.05, 4.69) is 6.92 Å². The van der Waals surface area contributed by atoms with Gasteiger partial charge in [-0.15, -0.1) is 0 Å². The van der Waals surface area contributed by atoms with Crippen molar-refractivity contribution in [2.75, 3.05) is 6.61 Å². The van der Waals surface area contributed by atoms with Crippen LogP contribution in [0.4, 0.5) is 0 Å². The molecule has 72 valence electrons. The van der Waals surface area contributed by atoms with E-state index in [0.29, 0.717) is 6.42 Å². The number of hydrogen-bond donors (Lipinski definition) is 1. The van der Waals surface area contributed by atoms with Crippen LogP contribution in [0.1, 0.15) is 51.9 Å². The van der Waals surface area contributed by atoms with Gasteiger partial charge in [-0.3, -0.25) is 4.79 Å². The predicted octanol–water partition coefficient (Wildman–Crippen LogP) is 2.30. The Morgan fingerprint density at radius 1 is 1.08 bits per heavy atom. The van der Waals surface area contributed by atoms with Crippen molar-refractivity contribution in [1.29, 1.82) is 0 Å². The monoisotopic (exact) mass is 172 g/mol. The summed E-state index contributed by atoms with van der Waals surface area (Å²) in [6.07, 6.45) is 7.71. The average molecular weight is 172 g/mol. The molecule has 0 rings (SSSR count).